The van der Waals surface area contributed by atoms with Crippen LogP contribution in [0.25, 0.3) is 0 Å². The maximum Gasteiger partial charge on any atom is 0.410 e. The highest BCUT2D eigenvalue weighted by Gasteiger charge is 2.42. The van der Waals surface area contributed by atoms with Crippen LogP contribution in [0, 0.1) is 3.57 Å². The number of hydrogen-bond donors (Lipinski definition) is 1. The van der Waals surface area contributed by atoms with Gasteiger partial charge in [-0.1, -0.05) is 35.9 Å². The zero-order chi connectivity index (χ0) is 21.2. The van der Waals surface area contributed by atoms with Crippen molar-refractivity contribution in [3.63, 3.8) is 0 Å². The first kappa shape index (κ1) is 22.4. The first-order chi connectivity index (χ1) is 13.6. The molecular weight excluding hydrogens is 501 g/mol. The third kappa shape index (κ3) is 5.86. The molecule has 3 unspecified atom stereocenters. The van der Waals surface area contributed by atoms with Gasteiger partial charge in [-0.15, -0.1) is 0 Å². The third-order valence-electron chi connectivity index (χ3n) is 5.09. The number of aliphatic hydroxyl groups excluding tert-OH is 1. The number of benzene rings is 2. The highest BCUT2D eigenvalue weighted by atomic mass is 127. The predicted octanol–water partition coefficient (Wildman–Crippen LogP) is 5.99. The zero-order valence-corrected chi connectivity index (χ0v) is 19.9. The van der Waals surface area contributed by atoms with Crippen LogP contribution in [0.1, 0.15) is 50.8 Å². The van der Waals surface area contributed by atoms with E-state index in [-0.39, 0.29) is 18.2 Å². The average Bonchev–Trinajstić information content (AvgIpc) is 3.05. The molecule has 2 aromatic rings. The van der Waals surface area contributed by atoms with Crippen LogP contribution >= 0.6 is 34.2 Å². The van der Waals surface area contributed by atoms with E-state index < -0.39 is 11.7 Å². The highest BCUT2D eigenvalue weighted by molar-refractivity contribution is 14.1. The summed E-state index contributed by atoms with van der Waals surface area (Å²) < 4.78 is 6.87. The minimum absolute atomic E-state index is 0.0243. The van der Waals surface area contributed by atoms with Crippen molar-refractivity contribution in [1.82, 2.24) is 4.90 Å². The fourth-order valence-corrected chi connectivity index (χ4v) is 4.39. The maximum atomic E-state index is 13.1. The van der Waals surface area contributed by atoms with E-state index in [4.69, 9.17) is 16.3 Å². The van der Waals surface area contributed by atoms with E-state index in [0.29, 0.717) is 17.0 Å². The standard InChI is InChI=1S/C23H27ClINO3/c1-23(2,3)29-22(28)26-19(13-15-7-9-18(25)10-8-15)11-12-20(26)21(27)16-5-4-6-17(24)14-16/h4-10,14,19-21,27H,11-13H2,1-3H3. The second kappa shape index (κ2) is 9.23. The van der Waals surface area contributed by atoms with Crippen LogP contribution in [0.3, 0.4) is 0 Å². The van der Waals surface area contributed by atoms with Crippen LogP contribution in [0.2, 0.25) is 5.02 Å². The molecule has 6 heteroatoms. The Morgan fingerprint density at radius 2 is 1.93 bits per heavy atom. The molecule has 0 spiro atoms. The van der Waals surface area contributed by atoms with Gasteiger partial charge < -0.3 is 9.84 Å². The van der Waals surface area contributed by atoms with E-state index in [1.54, 1.807) is 17.0 Å². The molecule has 3 atom stereocenters. The number of halogens is 2. The van der Waals surface area contributed by atoms with E-state index in [2.05, 4.69) is 46.9 Å². The molecule has 29 heavy (non-hydrogen) atoms. The molecule has 1 N–H and O–H groups in total. The second-order valence-corrected chi connectivity index (χ2v) is 10.2. The molecule has 3 rings (SSSR count). The Bertz CT molecular complexity index is 850. The topological polar surface area (TPSA) is 49.8 Å². The molecule has 0 aromatic heterocycles. The minimum atomic E-state index is -0.817. The molecule has 1 amide bonds. The van der Waals surface area contributed by atoms with E-state index in [0.717, 1.165) is 12.8 Å². The molecule has 1 saturated heterocycles. The van der Waals surface area contributed by atoms with Crippen molar-refractivity contribution in [2.24, 2.45) is 0 Å². The van der Waals surface area contributed by atoms with E-state index in [9.17, 15) is 9.90 Å². The Morgan fingerprint density at radius 1 is 1.24 bits per heavy atom. The van der Waals surface area contributed by atoms with Gasteiger partial charge in [0.2, 0.25) is 0 Å². The Hall–Kier alpha value is -1.31. The first-order valence-corrected chi connectivity index (χ1v) is 11.3. The van der Waals surface area contributed by atoms with Gasteiger partial charge in [0, 0.05) is 14.6 Å². The fourth-order valence-electron chi connectivity index (χ4n) is 3.83. The molecule has 1 aliphatic rings. The summed E-state index contributed by atoms with van der Waals surface area (Å²) >= 11 is 8.40. The van der Waals surface area contributed by atoms with Gasteiger partial charge >= 0.3 is 6.09 Å². The van der Waals surface area contributed by atoms with Gasteiger partial charge in [-0.05, 0) is 98.0 Å². The van der Waals surface area contributed by atoms with Crippen LogP contribution in [0.15, 0.2) is 48.5 Å². The summed E-state index contributed by atoms with van der Waals surface area (Å²) in [6.07, 6.45) is 1.06. The van der Waals surface area contributed by atoms with Gasteiger partial charge in [-0.2, -0.15) is 0 Å². The second-order valence-electron chi connectivity index (χ2n) is 8.52. The van der Waals surface area contributed by atoms with Crippen LogP contribution in [-0.2, 0) is 11.2 Å². The van der Waals surface area contributed by atoms with Crippen molar-refractivity contribution in [2.45, 2.75) is 63.8 Å². The average molecular weight is 528 g/mol. The van der Waals surface area contributed by atoms with Gasteiger partial charge in [0.15, 0.2) is 0 Å². The summed E-state index contributed by atoms with van der Waals surface area (Å²) in [7, 11) is 0. The Morgan fingerprint density at radius 3 is 2.55 bits per heavy atom. The largest absolute Gasteiger partial charge is 0.444 e. The Balaban J connectivity index is 1.86. The molecule has 2 aromatic carbocycles. The van der Waals surface area contributed by atoms with Crippen molar-refractivity contribution >= 4 is 40.3 Å². The molecule has 0 aliphatic carbocycles. The number of carbonyl (C=O) groups excluding carboxylic acids is 1. The van der Waals surface area contributed by atoms with Crippen molar-refractivity contribution in [3.8, 4) is 0 Å². The summed E-state index contributed by atoms with van der Waals surface area (Å²) in [6, 6.07) is 15.1. The maximum absolute atomic E-state index is 13.1. The summed E-state index contributed by atoms with van der Waals surface area (Å²) in [5.74, 6) is 0. The highest BCUT2D eigenvalue weighted by Crippen LogP contribution is 2.36. The smallest absolute Gasteiger partial charge is 0.410 e. The quantitative estimate of drug-likeness (QED) is 0.497. The summed E-state index contributed by atoms with van der Waals surface area (Å²) in [6.45, 7) is 5.58. The number of amides is 1. The van der Waals surface area contributed by atoms with Gasteiger partial charge in [-0.3, -0.25) is 4.90 Å². The minimum Gasteiger partial charge on any atom is -0.444 e. The zero-order valence-electron chi connectivity index (χ0n) is 16.9. The number of carbonyl (C=O) groups is 1. The fraction of sp³-hybridized carbons (Fsp3) is 0.435. The molecule has 1 heterocycles. The molecular formula is C23H27ClINO3. The monoisotopic (exact) mass is 527 g/mol. The van der Waals surface area contributed by atoms with Crippen molar-refractivity contribution < 1.29 is 14.6 Å². The van der Waals surface area contributed by atoms with E-state index in [1.807, 2.05) is 32.9 Å². The van der Waals surface area contributed by atoms with Crippen LogP contribution in [-0.4, -0.2) is 33.8 Å². The van der Waals surface area contributed by atoms with Gasteiger partial charge in [-0.25, -0.2) is 4.79 Å². The van der Waals surface area contributed by atoms with Gasteiger partial charge in [0.25, 0.3) is 0 Å². The number of aliphatic hydroxyl groups is 1. The first-order valence-electron chi connectivity index (χ1n) is 9.83. The summed E-state index contributed by atoms with van der Waals surface area (Å²) in [5.41, 5.74) is 1.28. The molecule has 0 saturated carbocycles. The van der Waals surface area contributed by atoms with Gasteiger partial charge in [0.1, 0.15) is 5.60 Å². The Kier molecular flexibility index (Phi) is 7.12. The molecule has 1 aliphatic heterocycles. The van der Waals surface area contributed by atoms with Gasteiger partial charge in [0.05, 0.1) is 12.1 Å². The Labute approximate surface area is 191 Å². The molecule has 156 valence electrons. The van der Waals surface area contributed by atoms with Crippen molar-refractivity contribution in [3.05, 3.63) is 68.3 Å². The molecule has 0 bridgehead atoms. The molecule has 0 radical (unpaired) electrons. The third-order valence-corrected chi connectivity index (χ3v) is 6.04. The number of rotatable bonds is 4. The predicted molar refractivity (Wildman–Crippen MR) is 124 cm³/mol. The summed E-state index contributed by atoms with van der Waals surface area (Å²) in [5, 5.41) is 11.6. The number of nitrogens with zero attached hydrogens (tertiary/aromatic N) is 1. The molecule has 1 fully saturated rings. The normalized spacial score (nSPS) is 20.6. The number of likely N-dealkylation sites (tertiary alicyclic amines) is 1. The molecule has 4 nitrogen and oxygen atoms in total. The number of ether oxygens (including phenoxy) is 1. The van der Waals surface area contributed by atoms with Crippen molar-refractivity contribution in [2.75, 3.05) is 0 Å². The number of hydrogen-bond acceptors (Lipinski definition) is 3. The lowest BCUT2D eigenvalue weighted by Crippen LogP contribution is -2.47. The van der Waals surface area contributed by atoms with Crippen molar-refractivity contribution in [1.29, 1.82) is 0 Å². The summed E-state index contributed by atoms with van der Waals surface area (Å²) in [4.78, 5) is 14.8. The lowest BCUT2D eigenvalue weighted by molar-refractivity contribution is -0.00452. The van der Waals surface area contributed by atoms with E-state index in [1.165, 1.54) is 9.13 Å². The SMILES string of the molecule is CC(C)(C)OC(=O)N1C(Cc2ccc(I)cc2)CCC1C(O)c1cccc(Cl)c1. The lowest BCUT2D eigenvalue weighted by Gasteiger charge is -2.35. The van der Waals surface area contributed by atoms with Crippen LogP contribution in [0.4, 0.5) is 4.79 Å². The van der Waals surface area contributed by atoms with Crippen LogP contribution < -0.4 is 0 Å². The lowest BCUT2D eigenvalue weighted by atomic mass is 10.0. The van der Waals surface area contributed by atoms with E-state index >= 15 is 0 Å². The van der Waals surface area contributed by atoms with Crippen LogP contribution in [0.5, 0.6) is 0 Å².